The fourth-order valence-electron chi connectivity index (χ4n) is 1.38. The fraction of sp³-hybridized carbons (Fsp3) is 0.300. The van der Waals surface area contributed by atoms with Crippen molar-refractivity contribution in [2.75, 3.05) is 26.6 Å². The van der Waals surface area contributed by atoms with Crippen molar-refractivity contribution in [1.82, 2.24) is 0 Å². The van der Waals surface area contributed by atoms with E-state index in [1.54, 1.807) is 19.2 Å². The number of hydrogen-bond acceptors (Lipinski definition) is 4. The third-order valence-corrected chi connectivity index (χ3v) is 2.06. The van der Waals surface area contributed by atoms with Crippen LogP contribution in [0, 0.1) is 0 Å². The van der Waals surface area contributed by atoms with Crippen molar-refractivity contribution < 1.29 is 14.3 Å². The van der Waals surface area contributed by atoms with Gasteiger partial charge in [0.05, 0.1) is 25.5 Å². The smallest absolute Gasteiger partial charge is 0.250 e. The topological polar surface area (TPSA) is 73.6 Å². The van der Waals surface area contributed by atoms with Gasteiger partial charge in [-0.3, -0.25) is 4.79 Å². The molecule has 1 amide bonds. The molecule has 5 nitrogen and oxygen atoms in total. The fourth-order valence-corrected chi connectivity index (χ4v) is 1.38. The maximum Gasteiger partial charge on any atom is 0.250 e. The van der Waals surface area contributed by atoms with Crippen molar-refractivity contribution in [2.24, 2.45) is 5.73 Å². The largest absolute Gasteiger partial charge is 0.493 e. The molecular formula is C10H14N2O3. The molecule has 0 aliphatic heterocycles. The Morgan fingerprint density at radius 3 is 2.40 bits per heavy atom. The zero-order valence-corrected chi connectivity index (χ0v) is 8.96. The second-order valence-corrected chi connectivity index (χ2v) is 2.84. The molecule has 5 heteroatoms. The van der Waals surface area contributed by atoms with Crippen LogP contribution in [0.25, 0.3) is 0 Å². The SMILES string of the molecule is CNc1c(C(N)=O)ccc(OC)c1OC. The Labute approximate surface area is 88.2 Å². The van der Waals surface area contributed by atoms with E-state index < -0.39 is 5.91 Å². The van der Waals surface area contributed by atoms with Gasteiger partial charge in [0.25, 0.3) is 5.91 Å². The number of amides is 1. The molecule has 0 bridgehead atoms. The highest BCUT2D eigenvalue weighted by molar-refractivity contribution is 6.00. The van der Waals surface area contributed by atoms with E-state index in [9.17, 15) is 4.79 Å². The van der Waals surface area contributed by atoms with Gasteiger partial charge in [-0.05, 0) is 12.1 Å². The summed E-state index contributed by atoms with van der Waals surface area (Å²) < 4.78 is 10.3. The van der Waals surface area contributed by atoms with Crippen LogP contribution in [-0.2, 0) is 0 Å². The summed E-state index contributed by atoms with van der Waals surface area (Å²) >= 11 is 0. The number of benzene rings is 1. The summed E-state index contributed by atoms with van der Waals surface area (Å²) in [5.41, 5.74) is 6.13. The lowest BCUT2D eigenvalue weighted by Crippen LogP contribution is -2.14. The summed E-state index contributed by atoms with van der Waals surface area (Å²) in [5, 5.41) is 2.87. The highest BCUT2D eigenvalue weighted by atomic mass is 16.5. The van der Waals surface area contributed by atoms with E-state index in [1.165, 1.54) is 14.2 Å². The van der Waals surface area contributed by atoms with Gasteiger partial charge in [-0.1, -0.05) is 0 Å². The number of primary amides is 1. The summed E-state index contributed by atoms with van der Waals surface area (Å²) in [6, 6.07) is 3.23. The standard InChI is InChI=1S/C10H14N2O3/c1-12-8-6(10(11)13)4-5-7(14-2)9(8)15-3/h4-5,12H,1-3H3,(H2,11,13). The second kappa shape index (κ2) is 4.54. The Morgan fingerprint density at radius 1 is 1.33 bits per heavy atom. The molecule has 1 rings (SSSR count). The van der Waals surface area contributed by atoms with Crippen LogP contribution in [0.2, 0.25) is 0 Å². The number of anilines is 1. The molecule has 0 unspecified atom stereocenters. The molecule has 0 aliphatic carbocycles. The Morgan fingerprint density at radius 2 is 2.00 bits per heavy atom. The summed E-state index contributed by atoms with van der Waals surface area (Å²) in [6.45, 7) is 0. The summed E-state index contributed by atoms with van der Waals surface area (Å²) in [4.78, 5) is 11.1. The van der Waals surface area contributed by atoms with E-state index in [0.29, 0.717) is 22.7 Å². The van der Waals surface area contributed by atoms with Crippen LogP contribution in [0.5, 0.6) is 11.5 Å². The van der Waals surface area contributed by atoms with Crippen molar-refractivity contribution in [1.29, 1.82) is 0 Å². The molecule has 0 aliphatic rings. The Bertz CT molecular complexity index is 377. The molecule has 0 radical (unpaired) electrons. The molecule has 1 aromatic rings. The number of hydrogen-bond donors (Lipinski definition) is 2. The lowest BCUT2D eigenvalue weighted by Gasteiger charge is -2.14. The number of rotatable bonds is 4. The number of ether oxygens (including phenoxy) is 2. The van der Waals surface area contributed by atoms with Crippen molar-refractivity contribution in [3.05, 3.63) is 17.7 Å². The van der Waals surface area contributed by atoms with Crippen LogP contribution in [0.1, 0.15) is 10.4 Å². The highest BCUT2D eigenvalue weighted by Gasteiger charge is 2.16. The maximum absolute atomic E-state index is 11.1. The minimum Gasteiger partial charge on any atom is -0.493 e. The molecule has 0 spiro atoms. The lowest BCUT2D eigenvalue weighted by molar-refractivity contribution is 0.100. The maximum atomic E-state index is 11.1. The van der Waals surface area contributed by atoms with Crippen LogP contribution >= 0.6 is 0 Å². The van der Waals surface area contributed by atoms with E-state index in [1.807, 2.05) is 0 Å². The molecule has 0 aromatic heterocycles. The predicted molar refractivity (Wildman–Crippen MR) is 57.6 cm³/mol. The molecule has 3 N–H and O–H groups in total. The highest BCUT2D eigenvalue weighted by Crippen LogP contribution is 2.37. The molecule has 1 aromatic carbocycles. The van der Waals surface area contributed by atoms with Crippen LogP contribution in [0.4, 0.5) is 5.69 Å². The molecule has 0 fully saturated rings. The van der Waals surface area contributed by atoms with E-state index in [4.69, 9.17) is 15.2 Å². The third-order valence-electron chi connectivity index (χ3n) is 2.06. The molecule has 0 heterocycles. The van der Waals surface area contributed by atoms with Crippen LogP contribution in [0.3, 0.4) is 0 Å². The van der Waals surface area contributed by atoms with Crippen molar-refractivity contribution in [3.8, 4) is 11.5 Å². The first-order chi connectivity index (χ1) is 7.15. The molecular weight excluding hydrogens is 196 g/mol. The summed E-state index contributed by atoms with van der Waals surface area (Å²) in [6.07, 6.45) is 0. The van der Waals surface area contributed by atoms with Gasteiger partial charge in [-0.25, -0.2) is 0 Å². The first-order valence-electron chi connectivity index (χ1n) is 4.38. The summed E-state index contributed by atoms with van der Waals surface area (Å²) in [5.74, 6) is 0.503. The number of carbonyl (C=O) groups is 1. The summed E-state index contributed by atoms with van der Waals surface area (Å²) in [7, 11) is 4.72. The van der Waals surface area contributed by atoms with Crippen molar-refractivity contribution in [3.63, 3.8) is 0 Å². The van der Waals surface area contributed by atoms with Crippen molar-refractivity contribution in [2.45, 2.75) is 0 Å². The second-order valence-electron chi connectivity index (χ2n) is 2.84. The minimum absolute atomic E-state index is 0.371. The Hall–Kier alpha value is -1.91. The monoisotopic (exact) mass is 210 g/mol. The van der Waals surface area contributed by atoms with Gasteiger partial charge in [0, 0.05) is 7.05 Å². The van der Waals surface area contributed by atoms with E-state index in [0.717, 1.165) is 0 Å². The number of carbonyl (C=O) groups excluding carboxylic acids is 1. The van der Waals surface area contributed by atoms with Gasteiger partial charge in [-0.15, -0.1) is 0 Å². The first-order valence-corrected chi connectivity index (χ1v) is 4.38. The minimum atomic E-state index is -0.514. The first kappa shape index (κ1) is 11.2. The van der Waals surface area contributed by atoms with Gasteiger partial charge in [-0.2, -0.15) is 0 Å². The molecule has 0 saturated carbocycles. The number of methoxy groups -OCH3 is 2. The van der Waals surface area contributed by atoms with Crippen molar-refractivity contribution >= 4 is 11.6 Å². The zero-order valence-electron chi connectivity index (χ0n) is 8.96. The zero-order chi connectivity index (χ0) is 11.4. The Balaban J connectivity index is 3.40. The lowest BCUT2D eigenvalue weighted by atomic mass is 10.1. The molecule has 15 heavy (non-hydrogen) atoms. The van der Waals surface area contributed by atoms with Gasteiger partial charge in [0.15, 0.2) is 11.5 Å². The van der Waals surface area contributed by atoms with Gasteiger partial charge >= 0.3 is 0 Å². The van der Waals surface area contributed by atoms with Gasteiger partial charge in [0.2, 0.25) is 0 Å². The Kier molecular flexibility index (Phi) is 3.38. The average Bonchev–Trinajstić information content (AvgIpc) is 2.26. The van der Waals surface area contributed by atoms with Gasteiger partial charge < -0.3 is 20.5 Å². The predicted octanol–water partition coefficient (Wildman–Crippen LogP) is 0.844. The molecule has 0 saturated heterocycles. The van der Waals surface area contributed by atoms with E-state index in [2.05, 4.69) is 5.32 Å². The molecule has 0 atom stereocenters. The van der Waals surface area contributed by atoms with Gasteiger partial charge in [0.1, 0.15) is 0 Å². The number of nitrogens with two attached hydrogens (primary N) is 1. The number of nitrogens with one attached hydrogen (secondary N) is 1. The van der Waals surface area contributed by atoms with Crippen LogP contribution < -0.4 is 20.5 Å². The third kappa shape index (κ3) is 1.96. The van der Waals surface area contributed by atoms with Crippen LogP contribution in [0.15, 0.2) is 12.1 Å². The quantitative estimate of drug-likeness (QED) is 0.772. The average molecular weight is 210 g/mol. The normalized spacial score (nSPS) is 9.53. The van der Waals surface area contributed by atoms with Crippen LogP contribution in [-0.4, -0.2) is 27.2 Å². The molecule has 82 valence electrons. The van der Waals surface area contributed by atoms with E-state index >= 15 is 0 Å². The van der Waals surface area contributed by atoms with E-state index in [-0.39, 0.29) is 0 Å².